The van der Waals surface area contributed by atoms with Crippen LogP contribution in [0.1, 0.15) is 22.4 Å². The number of nitrogens with one attached hydrogen (secondary N) is 1. The van der Waals surface area contributed by atoms with E-state index in [1.54, 1.807) is 7.11 Å². The zero-order chi connectivity index (χ0) is 19.8. The number of methoxy groups -OCH3 is 1. The maximum atomic E-state index is 5.63. The highest BCUT2D eigenvalue weighted by Gasteiger charge is 2.20. The van der Waals surface area contributed by atoms with Crippen molar-refractivity contribution >= 4 is 17.2 Å². The number of hydrogen-bond acceptors (Lipinski definition) is 3. The van der Waals surface area contributed by atoms with Crippen molar-refractivity contribution in [2.45, 2.75) is 27.7 Å². The minimum atomic E-state index is 0.810. The number of rotatable bonds is 4. The number of aryl methyl sites for hydroxylation is 4. The average molecular weight is 371 g/mol. The van der Waals surface area contributed by atoms with Gasteiger partial charge in [0.1, 0.15) is 22.9 Å². The Kier molecular flexibility index (Phi) is 4.55. The first-order valence-electron chi connectivity index (χ1n) is 9.46. The van der Waals surface area contributed by atoms with Crippen LogP contribution in [0.25, 0.3) is 16.9 Å². The molecule has 4 aromatic rings. The van der Waals surface area contributed by atoms with Gasteiger partial charge in [-0.3, -0.25) is 4.40 Å². The van der Waals surface area contributed by atoms with Crippen LogP contribution < -0.4 is 10.1 Å². The van der Waals surface area contributed by atoms with Crippen LogP contribution in [0, 0.1) is 27.7 Å². The van der Waals surface area contributed by atoms with Crippen LogP contribution >= 0.6 is 0 Å². The molecule has 2 aromatic heterocycles. The fourth-order valence-corrected chi connectivity index (χ4v) is 3.80. The molecule has 142 valence electrons. The second-order valence-corrected chi connectivity index (χ2v) is 7.27. The van der Waals surface area contributed by atoms with Gasteiger partial charge in [-0.25, -0.2) is 4.98 Å². The Labute approximate surface area is 165 Å². The minimum Gasteiger partial charge on any atom is -0.496 e. The molecule has 0 amide bonds. The average Bonchev–Trinajstić information content (AvgIpc) is 3.03. The van der Waals surface area contributed by atoms with E-state index in [-0.39, 0.29) is 0 Å². The van der Waals surface area contributed by atoms with E-state index in [0.717, 1.165) is 39.9 Å². The van der Waals surface area contributed by atoms with E-state index in [0.29, 0.717) is 0 Å². The normalized spacial score (nSPS) is 11.0. The van der Waals surface area contributed by atoms with Crippen molar-refractivity contribution < 1.29 is 4.74 Å². The predicted octanol–water partition coefficient (Wildman–Crippen LogP) is 5.99. The second kappa shape index (κ2) is 7.04. The highest BCUT2D eigenvalue weighted by Crippen LogP contribution is 2.38. The van der Waals surface area contributed by atoms with Crippen LogP contribution in [0.5, 0.6) is 5.75 Å². The molecule has 0 radical (unpaired) electrons. The molecule has 0 aliphatic heterocycles. The molecule has 0 saturated heterocycles. The number of pyridine rings is 1. The highest BCUT2D eigenvalue weighted by atomic mass is 16.5. The van der Waals surface area contributed by atoms with E-state index < -0.39 is 0 Å². The zero-order valence-electron chi connectivity index (χ0n) is 17.0. The number of ether oxygens (including phenoxy) is 1. The largest absolute Gasteiger partial charge is 0.496 e. The van der Waals surface area contributed by atoms with Crippen molar-refractivity contribution in [2.75, 3.05) is 12.4 Å². The number of hydrogen-bond donors (Lipinski definition) is 1. The predicted molar refractivity (Wildman–Crippen MR) is 116 cm³/mol. The first kappa shape index (κ1) is 18.1. The number of fused-ring (bicyclic) bond motifs is 1. The molecule has 0 fully saturated rings. The van der Waals surface area contributed by atoms with E-state index in [9.17, 15) is 0 Å². The van der Waals surface area contributed by atoms with Gasteiger partial charge < -0.3 is 10.1 Å². The van der Waals surface area contributed by atoms with Gasteiger partial charge in [-0.1, -0.05) is 30.3 Å². The number of anilines is 2. The number of para-hydroxylation sites is 2. The summed E-state index contributed by atoms with van der Waals surface area (Å²) >= 11 is 0. The third kappa shape index (κ3) is 3.01. The van der Waals surface area contributed by atoms with E-state index in [1.807, 2.05) is 18.2 Å². The molecule has 0 bridgehead atoms. The lowest BCUT2D eigenvalue weighted by atomic mass is 10.1. The number of imidazole rings is 1. The molecule has 0 aliphatic carbocycles. The molecular weight excluding hydrogens is 346 g/mol. The van der Waals surface area contributed by atoms with E-state index in [1.165, 1.54) is 16.7 Å². The van der Waals surface area contributed by atoms with Gasteiger partial charge in [0.15, 0.2) is 0 Å². The summed E-state index contributed by atoms with van der Waals surface area (Å²) in [6.45, 7) is 8.46. The molecule has 1 N–H and O–H groups in total. The summed E-state index contributed by atoms with van der Waals surface area (Å²) in [7, 11) is 1.70. The van der Waals surface area contributed by atoms with Gasteiger partial charge in [-0.2, -0.15) is 0 Å². The lowest BCUT2D eigenvalue weighted by molar-refractivity contribution is 0.416. The third-order valence-electron chi connectivity index (χ3n) is 5.14. The van der Waals surface area contributed by atoms with E-state index in [4.69, 9.17) is 9.72 Å². The number of nitrogens with zero attached hydrogens (tertiary/aromatic N) is 2. The Balaban J connectivity index is 2.02. The SMILES string of the molecule is COc1ccccc1-c1nc2cc(C)cc(C)n2c1Nc1c(C)cccc1C. The summed E-state index contributed by atoms with van der Waals surface area (Å²) < 4.78 is 7.81. The molecule has 4 nitrogen and oxygen atoms in total. The molecule has 0 spiro atoms. The maximum absolute atomic E-state index is 5.63. The summed E-state index contributed by atoms with van der Waals surface area (Å²) in [6.07, 6.45) is 0. The van der Waals surface area contributed by atoms with Crippen molar-refractivity contribution in [3.05, 3.63) is 77.0 Å². The molecule has 0 atom stereocenters. The van der Waals surface area contributed by atoms with Crippen molar-refractivity contribution in [3.63, 3.8) is 0 Å². The molecule has 28 heavy (non-hydrogen) atoms. The fourth-order valence-electron chi connectivity index (χ4n) is 3.80. The topological polar surface area (TPSA) is 38.6 Å². The summed E-state index contributed by atoms with van der Waals surface area (Å²) in [5.74, 6) is 1.76. The summed E-state index contributed by atoms with van der Waals surface area (Å²) in [6, 6.07) is 18.6. The quantitative estimate of drug-likeness (QED) is 0.479. The van der Waals surface area contributed by atoms with Crippen molar-refractivity contribution in [3.8, 4) is 17.0 Å². The Morgan fingerprint density at radius 2 is 1.61 bits per heavy atom. The first-order chi connectivity index (χ1) is 13.5. The molecular formula is C24H25N3O. The van der Waals surface area contributed by atoms with Crippen molar-refractivity contribution in [1.82, 2.24) is 9.38 Å². The van der Waals surface area contributed by atoms with Crippen molar-refractivity contribution in [1.29, 1.82) is 0 Å². The third-order valence-corrected chi connectivity index (χ3v) is 5.14. The summed E-state index contributed by atoms with van der Waals surface area (Å²) in [5, 5.41) is 3.69. The zero-order valence-corrected chi connectivity index (χ0v) is 17.0. The Morgan fingerprint density at radius 3 is 2.32 bits per heavy atom. The molecule has 4 heteroatoms. The molecule has 2 heterocycles. The molecule has 2 aromatic carbocycles. The van der Waals surface area contributed by atoms with Gasteiger partial charge in [0.25, 0.3) is 0 Å². The lowest BCUT2D eigenvalue weighted by Crippen LogP contribution is -2.03. The smallest absolute Gasteiger partial charge is 0.143 e. The maximum Gasteiger partial charge on any atom is 0.143 e. The number of benzene rings is 2. The van der Waals surface area contributed by atoms with Gasteiger partial charge in [-0.15, -0.1) is 0 Å². The lowest BCUT2D eigenvalue weighted by Gasteiger charge is -2.16. The minimum absolute atomic E-state index is 0.810. The van der Waals surface area contributed by atoms with E-state index in [2.05, 4.69) is 73.8 Å². The fraction of sp³-hybridized carbons (Fsp3) is 0.208. The standard InChI is InChI=1S/C24H25N3O/c1-15-13-18(4)27-21(14-15)25-23(19-11-6-7-12-20(19)28-5)24(27)26-22-16(2)9-8-10-17(22)3/h6-14,26H,1-5H3. The van der Waals surface area contributed by atoms with Gasteiger partial charge in [0.2, 0.25) is 0 Å². The molecule has 0 aliphatic rings. The van der Waals surface area contributed by atoms with Gasteiger partial charge in [0.05, 0.1) is 7.11 Å². The van der Waals surface area contributed by atoms with Gasteiger partial charge in [0, 0.05) is 16.9 Å². The van der Waals surface area contributed by atoms with Crippen LogP contribution in [-0.2, 0) is 0 Å². The van der Waals surface area contributed by atoms with Crippen LogP contribution in [0.15, 0.2) is 54.6 Å². The molecule has 0 saturated carbocycles. The Morgan fingerprint density at radius 1 is 0.893 bits per heavy atom. The first-order valence-corrected chi connectivity index (χ1v) is 9.46. The highest BCUT2D eigenvalue weighted by molar-refractivity contribution is 5.84. The van der Waals surface area contributed by atoms with Crippen LogP contribution in [0.4, 0.5) is 11.5 Å². The second-order valence-electron chi connectivity index (χ2n) is 7.27. The Bertz CT molecular complexity index is 1150. The van der Waals surface area contributed by atoms with Crippen molar-refractivity contribution in [2.24, 2.45) is 0 Å². The van der Waals surface area contributed by atoms with E-state index >= 15 is 0 Å². The van der Waals surface area contributed by atoms with Gasteiger partial charge in [-0.05, 0) is 68.7 Å². The van der Waals surface area contributed by atoms with Crippen LogP contribution in [0.2, 0.25) is 0 Å². The summed E-state index contributed by atoms with van der Waals surface area (Å²) in [4.78, 5) is 4.99. The monoisotopic (exact) mass is 371 g/mol. The molecule has 0 unspecified atom stereocenters. The van der Waals surface area contributed by atoms with Gasteiger partial charge >= 0.3 is 0 Å². The number of aromatic nitrogens is 2. The summed E-state index contributed by atoms with van der Waals surface area (Å²) in [5.41, 5.74) is 8.62. The van der Waals surface area contributed by atoms with Crippen LogP contribution in [-0.4, -0.2) is 16.5 Å². The molecule has 4 rings (SSSR count). The Hall–Kier alpha value is -3.27. The van der Waals surface area contributed by atoms with Crippen LogP contribution in [0.3, 0.4) is 0 Å².